The van der Waals surface area contributed by atoms with Crippen LogP contribution in [-0.4, -0.2) is 24.0 Å². The monoisotopic (exact) mass is 360 g/mol. The third kappa shape index (κ3) is 5.19. The van der Waals surface area contributed by atoms with Crippen LogP contribution in [0.5, 0.6) is 0 Å². The van der Waals surface area contributed by atoms with Gasteiger partial charge in [-0.15, -0.1) is 0 Å². The van der Waals surface area contributed by atoms with Crippen LogP contribution in [0, 0.1) is 0 Å². The van der Waals surface area contributed by atoms with Gasteiger partial charge in [0.25, 0.3) is 0 Å². The first-order valence-corrected chi connectivity index (χ1v) is 8.29. The van der Waals surface area contributed by atoms with Crippen molar-refractivity contribution in [3.8, 4) is 0 Å². The lowest BCUT2D eigenvalue weighted by molar-refractivity contribution is 0.198. The van der Waals surface area contributed by atoms with Crippen LogP contribution >= 0.6 is 15.9 Å². The molecule has 0 fully saturated rings. The number of hydrogen-bond acceptors (Lipinski definition) is 1. The van der Waals surface area contributed by atoms with Crippen LogP contribution in [0.15, 0.2) is 59.1 Å². The van der Waals surface area contributed by atoms with Gasteiger partial charge in [-0.2, -0.15) is 0 Å². The average molecular weight is 361 g/mol. The molecule has 2 rings (SSSR count). The summed E-state index contributed by atoms with van der Waals surface area (Å²) in [6, 6.07) is 18.2. The van der Waals surface area contributed by atoms with Crippen molar-refractivity contribution in [2.45, 2.75) is 19.9 Å². The van der Waals surface area contributed by atoms with Crippen molar-refractivity contribution in [1.29, 1.82) is 0 Å². The number of hydrogen-bond donors (Lipinski definition) is 1. The molecule has 116 valence electrons. The lowest BCUT2D eigenvalue weighted by Gasteiger charge is -2.21. The van der Waals surface area contributed by atoms with Crippen molar-refractivity contribution in [3.63, 3.8) is 0 Å². The highest BCUT2D eigenvalue weighted by molar-refractivity contribution is 9.10. The van der Waals surface area contributed by atoms with E-state index in [1.165, 1.54) is 5.56 Å². The second kappa shape index (κ2) is 8.59. The minimum atomic E-state index is -0.0107. The van der Waals surface area contributed by atoms with Gasteiger partial charge in [-0.25, -0.2) is 4.79 Å². The van der Waals surface area contributed by atoms with Crippen molar-refractivity contribution in [2.24, 2.45) is 0 Å². The van der Waals surface area contributed by atoms with E-state index in [0.717, 1.165) is 16.5 Å². The van der Waals surface area contributed by atoms with E-state index in [9.17, 15) is 4.79 Å². The van der Waals surface area contributed by atoms with Gasteiger partial charge in [-0.05, 0) is 36.6 Å². The number of nitrogens with one attached hydrogen (secondary N) is 1. The molecule has 3 nitrogen and oxygen atoms in total. The molecular weight excluding hydrogens is 340 g/mol. The van der Waals surface area contributed by atoms with Gasteiger partial charge in [-0.1, -0.05) is 58.4 Å². The molecule has 0 aromatic heterocycles. The van der Waals surface area contributed by atoms with Crippen LogP contribution in [0.2, 0.25) is 0 Å². The molecule has 2 amide bonds. The predicted octanol–water partition coefficient (Wildman–Crippen LogP) is 4.22. The summed E-state index contributed by atoms with van der Waals surface area (Å²) < 4.78 is 1.07. The molecule has 0 saturated heterocycles. The minimum Gasteiger partial charge on any atom is -0.338 e. The van der Waals surface area contributed by atoms with Crippen LogP contribution < -0.4 is 5.32 Å². The number of urea groups is 1. The summed E-state index contributed by atoms with van der Waals surface area (Å²) >= 11 is 3.42. The summed E-state index contributed by atoms with van der Waals surface area (Å²) in [6.07, 6.45) is 0.835. The average Bonchev–Trinajstić information content (AvgIpc) is 2.55. The van der Waals surface area contributed by atoms with E-state index in [1.54, 1.807) is 0 Å². The molecule has 1 N–H and O–H groups in total. The van der Waals surface area contributed by atoms with E-state index < -0.39 is 0 Å². The fraction of sp³-hybridized carbons (Fsp3) is 0.278. The van der Waals surface area contributed by atoms with Crippen molar-refractivity contribution in [1.82, 2.24) is 10.2 Å². The van der Waals surface area contributed by atoms with E-state index in [0.29, 0.717) is 19.6 Å². The lowest BCUT2D eigenvalue weighted by atomic mass is 10.1. The fourth-order valence-electron chi connectivity index (χ4n) is 2.21. The maximum Gasteiger partial charge on any atom is 0.317 e. The maximum atomic E-state index is 12.2. The Hall–Kier alpha value is -1.81. The quantitative estimate of drug-likeness (QED) is 0.821. The van der Waals surface area contributed by atoms with E-state index >= 15 is 0 Å². The van der Waals surface area contributed by atoms with Crippen LogP contribution in [0.25, 0.3) is 0 Å². The molecule has 0 aliphatic heterocycles. The lowest BCUT2D eigenvalue weighted by Crippen LogP contribution is -2.40. The molecule has 2 aromatic rings. The first kappa shape index (κ1) is 16.6. The summed E-state index contributed by atoms with van der Waals surface area (Å²) in [5.41, 5.74) is 2.36. The molecule has 0 atom stereocenters. The Morgan fingerprint density at radius 1 is 1.05 bits per heavy atom. The Morgan fingerprint density at radius 3 is 2.36 bits per heavy atom. The van der Waals surface area contributed by atoms with Crippen molar-refractivity contribution >= 4 is 22.0 Å². The number of nitrogens with zero attached hydrogens (tertiary/aromatic N) is 1. The molecule has 0 saturated carbocycles. The third-order valence-corrected chi connectivity index (χ3v) is 4.02. The summed E-state index contributed by atoms with van der Waals surface area (Å²) in [5, 5.41) is 2.99. The van der Waals surface area contributed by atoms with E-state index in [4.69, 9.17) is 0 Å². The molecule has 22 heavy (non-hydrogen) atoms. The summed E-state index contributed by atoms with van der Waals surface area (Å²) in [7, 11) is 0. The minimum absolute atomic E-state index is 0.0107. The molecule has 0 aliphatic carbocycles. The first-order valence-electron chi connectivity index (χ1n) is 7.50. The highest BCUT2D eigenvalue weighted by Gasteiger charge is 2.11. The number of carbonyl (C=O) groups is 1. The smallest absolute Gasteiger partial charge is 0.317 e. The molecule has 0 bridgehead atoms. The van der Waals surface area contributed by atoms with Crippen LogP contribution in [0.1, 0.15) is 18.1 Å². The standard InChI is InChI=1S/C18H21BrN2O/c1-2-21(14-16-6-4-3-5-7-16)18(22)20-13-12-15-8-10-17(19)11-9-15/h3-11H,2,12-14H2,1H3,(H,20,22). The van der Waals surface area contributed by atoms with Crippen LogP contribution in [0.3, 0.4) is 0 Å². The Kier molecular flexibility index (Phi) is 6.46. The van der Waals surface area contributed by atoms with Gasteiger partial charge in [0, 0.05) is 24.1 Å². The molecule has 0 unspecified atom stereocenters. The van der Waals surface area contributed by atoms with Crippen molar-refractivity contribution in [3.05, 3.63) is 70.2 Å². The highest BCUT2D eigenvalue weighted by atomic mass is 79.9. The first-order chi connectivity index (χ1) is 10.7. The number of benzene rings is 2. The number of rotatable bonds is 6. The summed E-state index contributed by atoms with van der Waals surface area (Å²) in [4.78, 5) is 14.0. The molecule has 0 spiro atoms. The SMILES string of the molecule is CCN(Cc1ccccc1)C(=O)NCCc1ccc(Br)cc1. The molecule has 0 heterocycles. The molecule has 2 aromatic carbocycles. The fourth-order valence-corrected chi connectivity index (χ4v) is 2.47. The van der Waals surface area contributed by atoms with E-state index in [2.05, 4.69) is 33.4 Å². The molecule has 0 radical (unpaired) electrons. The van der Waals surface area contributed by atoms with Gasteiger partial charge in [0.2, 0.25) is 0 Å². The van der Waals surface area contributed by atoms with Crippen molar-refractivity contribution in [2.75, 3.05) is 13.1 Å². The zero-order valence-electron chi connectivity index (χ0n) is 12.8. The predicted molar refractivity (Wildman–Crippen MR) is 93.8 cm³/mol. The molecule has 4 heteroatoms. The van der Waals surface area contributed by atoms with Gasteiger partial charge < -0.3 is 10.2 Å². The second-order valence-corrected chi connectivity index (χ2v) is 6.02. The second-order valence-electron chi connectivity index (χ2n) is 5.11. The zero-order valence-corrected chi connectivity index (χ0v) is 14.3. The van der Waals surface area contributed by atoms with Gasteiger partial charge in [0.05, 0.1) is 0 Å². The summed E-state index contributed by atoms with van der Waals surface area (Å²) in [5.74, 6) is 0. The number of carbonyl (C=O) groups excluding carboxylic acids is 1. The van der Waals surface area contributed by atoms with Crippen LogP contribution in [0.4, 0.5) is 4.79 Å². The number of amides is 2. The Morgan fingerprint density at radius 2 is 1.73 bits per heavy atom. The Balaban J connectivity index is 1.80. The maximum absolute atomic E-state index is 12.2. The summed E-state index contributed by atoms with van der Waals surface area (Å²) in [6.45, 7) is 3.98. The highest BCUT2D eigenvalue weighted by Crippen LogP contribution is 2.10. The topological polar surface area (TPSA) is 32.3 Å². The number of halogens is 1. The molecule has 0 aliphatic rings. The largest absolute Gasteiger partial charge is 0.338 e. The van der Waals surface area contributed by atoms with Gasteiger partial charge in [0.15, 0.2) is 0 Å². The van der Waals surface area contributed by atoms with Gasteiger partial charge in [-0.3, -0.25) is 0 Å². The van der Waals surface area contributed by atoms with Crippen molar-refractivity contribution < 1.29 is 4.79 Å². The normalized spacial score (nSPS) is 10.3. The molecular formula is C18H21BrN2O. The van der Waals surface area contributed by atoms with Crippen LogP contribution in [-0.2, 0) is 13.0 Å². The Labute approximate surface area is 140 Å². The van der Waals surface area contributed by atoms with E-state index in [1.807, 2.05) is 54.3 Å². The van der Waals surface area contributed by atoms with Gasteiger partial charge in [0.1, 0.15) is 0 Å². The van der Waals surface area contributed by atoms with Gasteiger partial charge >= 0.3 is 6.03 Å². The zero-order chi connectivity index (χ0) is 15.8. The Bertz CT molecular complexity index is 584. The van der Waals surface area contributed by atoms with E-state index in [-0.39, 0.29) is 6.03 Å². The third-order valence-electron chi connectivity index (χ3n) is 3.49.